The van der Waals surface area contributed by atoms with Crippen LogP contribution in [-0.2, 0) is 0 Å². The van der Waals surface area contributed by atoms with Crippen molar-refractivity contribution in [2.75, 3.05) is 5.32 Å². The van der Waals surface area contributed by atoms with Gasteiger partial charge in [0, 0.05) is 0 Å². The van der Waals surface area contributed by atoms with E-state index in [0.29, 0.717) is 5.13 Å². The number of anilines is 1. The van der Waals surface area contributed by atoms with Gasteiger partial charge in [0.05, 0.1) is 6.04 Å². The van der Waals surface area contributed by atoms with Crippen LogP contribution in [0.4, 0.5) is 5.13 Å². The van der Waals surface area contributed by atoms with Crippen LogP contribution in [0.1, 0.15) is 18.5 Å². The fraction of sp³-hybridized carbons (Fsp3) is 0.200. The monoisotopic (exact) mass is 221 g/mol. The lowest BCUT2D eigenvalue weighted by Gasteiger charge is -2.12. The van der Waals surface area contributed by atoms with E-state index >= 15 is 0 Å². The standard InChI is InChI=1S/C10H11N3OS/c1-7(8-5-3-2-4-6-8)11-9-12-13-10(14)15-9/h2-7H,1H3,(H,11,12)(H,13,14). The summed E-state index contributed by atoms with van der Waals surface area (Å²) in [5.41, 5.74) is 1.17. The van der Waals surface area contributed by atoms with Crippen LogP contribution in [-0.4, -0.2) is 10.2 Å². The fourth-order valence-corrected chi connectivity index (χ4v) is 1.90. The first kappa shape index (κ1) is 9.92. The summed E-state index contributed by atoms with van der Waals surface area (Å²) < 4.78 is 0. The molecule has 1 unspecified atom stereocenters. The largest absolute Gasteiger partial charge is 0.354 e. The van der Waals surface area contributed by atoms with Gasteiger partial charge in [-0.3, -0.25) is 4.79 Å². The van der Waals surface area contributed by atoms with Gasteiger partial charge in [-0.05, 0) is 23.8 Å². The Bertz CT molecular complexity index is 477. The SMILES string of the molecule is CC(Nc1n[nH]c(=O)s1)c1ccccc1. The predicted molar refractivity (Wildman–Crippen MR) is 61.2 cm³/mol. The van der Waals surface area contributed by atoms with Gasteiger partial charge in [-0.15, -0.1) is 5.10 Å². The smallest absolute Gasteiger partial charge is 0.324 e. The van der Waals surface area contributed by atoms with Crippen LogP contribution in [0.15, 0.2) is 35.1 Å². The summed E-state index contributed by atoms with van der Waals surface area (Å²) in [6.45, 7) is 2.03. The summed E-state index contributed by atoms with van der Waals surface area (Å²) in [6, 6.07) is 10.2. The molecule has 0 fully saturated rings. The maximum atomic E-state index is 10.9. The highest BCUT2D eigenvalue weighted by Gasteiger charge is 2.06. The molecule has 2 aromatic rings. The van der Waals surface area contributed by atoms with Crippen molar-refractivity contribution in [2.24, 2.45) is 0 Å². The maximum absolute atomic E-state index is 10.9. The third-order valence-electron chi connectivity index (χ3n) is 2.08. The van der Waals surface area contributed by atoms with E-state index in [1.165, 1.54) is 5.56 Å². The van der Waals surface area contributed by atoms with Crippen molar-refractivity contribution >= 4 is 16.5 Å². The van der Waals surface area contributed by atoms with Gasteiger partial charge in [0.15, 0.2) is 0 Å². The van der Waals surface area contributed by atoms with Gasteiger partial charge >= 0.3 is 4.87 Å². The number of nitrogens with one attached hydrogen (secondary N) is 2. The van der Waals surface area contributed by atoms with Crippen LogP contribution in [0.2, 0.25) is 0 Å². The molecule has 5 heteroatoms. The molecule has 1 heterocycles. The zero-order valence-corrected chi connectivity index (χ0v) is 9.04. The number of aromatic nitrogens is 2. The molecule has 1 atom stereocenters. The number of benzene rings is 1. The zero-order valence-electron chi connectivity index (χ0n) is 8.23. The number of H-pyrrole nitrogens is 1. The molecule has 1 aromatic heterocycles. The first-order chi connectivity index (χ1) is 7.25. The number of rotatable bonds is 3. The van der Waals surface area contributed by atoms with Crippen molar-refractivity contribution in [3.05, 3.63) is 45.6 Å². The van der Waals surface area contributed by atoms with Crippen molar-refractivity contribution in [1.82, 2.24) is 10.2 Å². The van der Waals surface area contributed by atoms with Crippen LogP contribution in [0, 0.1) is 0 Å². The lowest BCUT2D eigenvalue weighted by Crippen LogP contribution is -2.05. The van der Waals surface area contributed by atoms with Crippen LogP contribution in [0.5, 0.6) is 0 Å². The van der Waals surface area contributed by atoms with E-state index in [1.807, 2.05) is 37.3 Å². The number of hydrogen-bond donors (Lipinski definition) is 2. The first-order valence-electron chi connectivity index (χ1n) is 4.62. The molecule has 0 aliphatic heterocycles. The minimum atomic E-state index is -0.141. The third kappa shape index (κ3) is 2.44. The quantitative estimate of drug-likeness (QED) is 0.833. The predicted octanol–water partition coefficient (Wildman–Crippen LogP) is 2.00. The fourth-order valence-electron chi connectivity index (χ4n) is 1.30. The van der Waals surface area contributed by atoms with Crippen molar-refractivity contribution in [1.29, 1.82) is 0 Å². The molecule has 2 rings (SSSR count). The molecule has 0 amide bonds. The minimum Gasteiger partial charge on any atom is -0.354 e. The van der Waals surface area contributed by atoms with Crippen molar-refractivity contribution < 1.29 is 0 Å². The lowest BCUT2D eigenvalue weighted by atomic mass is 10.1. The molecule has 0 bridgehead atoms. The molecular weight excluding hydrogens is 210 g/mol. The van der Waals surface area contributed by atoms with Crippen LogP contribution < -0.4 is 10.2 Å². The Morgan fingerprint density at radius 1 is 1.40 bits per heavy atom. The molecular formula is C10H11N3OS. The van der Waals surface area contributed by atoms with Gasteiger partial charge in [0.25, 0.3) is 0 Å². The van der Waals surface area contributed by atoms with Crippen molar-refractivity contribution in [3.8, 4) is 0 Å². The van der Waals surface area contributed by atoms with Gasteiger partial charge < -0.3 is 5.32 Å². The van der Waals surface area contributed by atoms with Gasteiger partial charge in [-0.2, -0.15) is 0 Å². The second-order valence-electron chi connectivity index (χ2n) is 3.19. The molecule has 15 heavy (non-hydrogen) atoms. The molecule has 0 spiro atoms. The minimum absolute atomic E-state index is 0.141. The Morgan fingerprint density at radius 2 is 2.13 bits per heavy atom. The lowest BCUT2D eigenvalue weighted by molar-refractivity contribution is 0.872. The number of aromatic amines is 1. The van der Waals surface area contributed by atoms with E-state index in [2.05, 4.69) is 15.5 Å². The summed E-state index contributed by atoms with van der Waals surface area (Å²) in [5.74, 6) is 0. The number of hydrogen-bond acceptors (Lipinski definition) is 4. The van der Waals surface area contributed by atoms with E-state index in [1.54, 1.807) is 0 Å². The Kier molecular flexibility index (Phi) is 2.82. The van der Waals surface area contributed by atoms with Crippen LogP contribution >= 0.6 is 11.3 Å². The topological polar surface area (TPSA) is 57.8 Å². The normalized spacial score (nSPS) is 12.3. The van der Waals surface area contributed by atoms with Gasteiger partial charge in [-0.25, -0.2) is 5.10 Å². The first-order valence-corrected chi connectivity index (χ1v) is 5.44. The molecule has 0 radical (unpaired) electrons. The van der Waals surface area contributed by atoms with Crippen LogP contribution in [0.3, 0.4) is 0 Å². The van der Waals surface area contributed by atoms with E-state index < -0.39 is 0 Å². The van der Waals surface area contributed by atoms with E-state index in [4.69, 9.17) is 0 Å². The molecule has 2 N–H and O–H groups in total. The van der Waals surface area contributed by atoms with Crippen LogP contribution in [0.25, 0.3) is 0 Å². The molecule has 1 aromatic carbocycles. The maximum Gasteiger partial charge on any atom is 0.324 e. The molecule has 0 aliphatic carbocycles. The summed E-state index contributed by atoms with van der Waals surface area (Å²) in [6.07, 6.45) is 0. The highest BCUT2D eigenvalue weighted by molar-refractivity contribution is 7.12. The molecule has 78 valence electrons. The molecule has 0 saturated carbocycles. The summed E-state index contributed by atoms with van der Waals surface area (Å²) in [4.78, 5) is 10.7. The Labute approximate surface area is 91.0 Å². The third-order valence-corrected chi connectivity index (χ3v) is 2.76. The Morgan fingerprint density at radius 3 is 2.73 bits per heavy atom. The van der Waals surface area contributed by atoms with Gasteiger partial charge in [0.1, 0.15) is 0 Å². The Hall–Kier alpha value is -1.62. The van der Waals surface area contributed by atoms with E-state index in [9.17, 15) is 4.79 Å². The second-order valence-corrected chi connectivity index (χ2v) is 4.16. The summed E-state index contributed by atoms with van der Waals surface area (Å²) in [5, 5.41) is 10.0. The van der Waals surface area contributed by atoms with Gasteiger partial charge in [0.2, 0.25) is 5.13 Å². The van der Waals surface area contributed by atoms with E-state index in [0.717, 1.165) is 11.3 Å². The average molecular weight is 221 g/mol. The van der Waals surface area contributed by atoms with Gasteiger partial charge in [-0.1, -0.05) is 30.3 Å². The molecule has 0 saturated heterocycles. The zero-order chi connectivity index (χ0) is 10.7. The second kappa shape index (κ2) is 4.27. The highest BCUT2D eigenvalue weighted by Crippen LogP contribution is 2.17. The van der Waals surface area contributed by atoms with Crippen molar-refractivity contribution in [2.45, 2.75) is 13.0 Å². The van der Waals surface area contributed by atoms with E-state index in [-0.39, 0.29) is 10.9 Å². The highest BCUT2D eigenvalue weighted by atomic mass is 32.1. The molecule has 4 nitrogen and oxygen atoms in total. The number of nitrogens with zero attached hydrogens (tertiary/aromatic N) is 1. The average Bonchev–Trinajstić information content (AvgIpc) is 2.65. The summed E-state index contributed by atoms with van der Waals surface area (Å²) >= 11 is 1.08. The molecule has 0 aliphatic rings. The van der Waals surface area contributed by atoms with Crippen molar-refractivity contribution in [3.63, 3.8) is 0 Å². The summed E-state index contributed by atoms with van der Waals surface area (Å²) in [7, 11) is 0. The Balaban J connectivity index is 2.10.